The van der Waals surface area contributed by atoms with E-state index in [0.29, 0.717) is 11.5 Å². The Bertz CT molecular complexity index is 594. The highest BCUT2D eigenvalue weighted by Crippen LogP contribution is 2.16. The number of nitrogens with one attached hydrogen (secondary N) is 2. The molecule has 1 amide bonds. The first kappa shape index (κ1) is 13.2. The first-order chi connectivity index (χ1) is 9.10. The van der Waals surface area contributed by atoms with Gasteiger partial charge in [0.15, 0.2) is 0 Å². The Morgan fingerprint density at radius 2 is 2.26 bits per heavy atom. The zero-order chi connectivity index (χ0) is 13.8. The van der Waals surface area contributed by atoms with Crippen LogP contribution >= 0.6 is 0 Å². The van der Waals surface area contributed by atoms with Crippen molar-refractivity contribution in [2.24, 2.45) is 0 Å². The van der Waals surface area contributed by atoms with E-state index in [1.54, 1.807) is 13.0 Å². The van der Waals surface area contributed by atoms with Crippen LogP contribution in [-0.2, 0) is 6.42 Å². The number of aromatic nitrogens is 3. The van der Waals surface area contributed by atoms with E-state index >= 15 is 0 Å². The number of hydrogen-bond acceptors (Lipinski definition) is 3. The van der Waals surface area contributed by atoms with Gasteiger partial charge in [-0.05, 0) is 31.0 Å². The minimum Gasteiger partial charge on any atom is -0.319 e. The zero-order valence-electron chi connectivity index (χ0n) is 10.8. The summed E-state index contributed by atoms with van der Waals surface area (Å²) >= 11 is 0. The largest absolute Gasteiger partial charge is 0.319 e. The van der Waals surface area contributed by atoms with Crippen LogP contribution in [0.1, 0.15) is 35.4 Å². The number of benzene rings is 1. The summed E-state index contributed by atoms with van der Waals surface area (Å²) in [5.41, 5.74) is 1.20. The fraction of sp³-hybridized carbons (Fsp3) is 0.308. The molecule has 6 heteroatoms. The highest BCUT2D eigenvalue weighted by Gasteiger charge is 2.13. The van der Waals surface area contributed by atoms with Gasteiger partial charge in [-0.2, -0.15) is 0 Å². The molecule has 2 rings (SSSR count). The highest BCUT2D eigenvalue weighted by atomic mass is 19.1. The number of carbonyl (C=O) groups excluding carboxylic acids is 1. The molecule has 19 heavy (non-hydrogen) atoms. The minimum absolute atomic E-state index is 0.0621. The predicted molar refractivity (Wildman–Crippen MR) is 69.5 cm³/mol. The minimum atomic E-state index is -0.452. The molecule has 1 aromatic carbocycles. The van der Waals surface area contributed by atoms with E-state index < -0.39 is 11.7 Å². The number of nitrogens with zero attached hydrogens (tertiary/aromatic N) is 2. The molecular weight excluding hydrogens is 247 g/mol. The Labute approximate surface area is 110 Å². The Morgan fingerprint density at radius 3 is 3.00 bits per heavy atom. The lowest BCUT2D eigenvalue weighted by atomic mass is 10.2. The van der Waals surface area contributed by atoms with Crippen LogP contribution < -0.4 is 5.32 Å². The SMILES string of the molecule is CCCc1nc(C(=O)Nc2cc(F)ccc2C)n[nH]1. The van der Waals surface area contributed by atoms with Crippen LogP contribution in [0.5, 0.6) is 0 Å². The van der Waals surface area contributed by atoms with Gasteiger partial charge in [-0.15, -0.1) is 5.10 Å². The Morgan fingerprint density at radius 1 is 1.47 bits per heavy atom. The zero-order valence-corrected chi connectivity index (χ0v) is 10.8. The van der Waals surface area contributed by atoms with Crippen LogP contribution in [0.3, 0.4) is 0 Å². The van der Waals surface area contributed by atoms with E-state index in [-0.39, 0.29) is 5.82 Å². The average molecular weight is 262 g/mol. The standard InChI is InChI=1S/C13H15FN4O/c1-3-4-11-16-12(18-17-11)13(19)15-10-7-9(14)6-5-8(10)2/h5-7H,3-4H2,1-2H3,(H,15,19)(H,16,17,18). The maximum absolute atomic E-state index is 13.1. The summed E-state index contributed by atoms with van der Waals surface area (Å²) in [6, 6.07) is 4.22. The number of H-pyrrole nitrogens is 1. The highest BCUT2D eigenvalue weighted by molar-refractivity contribution is 6.01. The molecule has 0 fully saturated rings. The molecule has 0 aliphatic heterocycles. The van der Waals surface area contributed by atoms with Crippen molar-refractivity contribution < 1.29 is 9.18 Å². The molecule has 0 aliphatic carbocycles. The molecular formula is C13H15FN4O. The molecule has 5 nitrogen and oxygen atoms in total. The fourth-order valence-corrected chi connectivity index (χ4v) is 1.65. The number of aryl methyl sites for hydroxylation is 2. The molecule has 1 aromatic heterocycles. The Balaban J connectivity index is 2.13. The maximum Gasteiger partial charge on any atom is 0.295 e. The Hall–Kier alpha value is -2.24. The van der Waals surface area contributed by atoms with Crippen molar-refractivity contribution >= 4 is 11.6 Å². The second kappa shape index (κ2) is 5.60. The van der Waals surface area contributed by atoms with Crippen LogP contribution in [-0.4, -0.2) is 21.1 Å². The van der Waals surface area contributed by atoms with Crippen molar-refractivity contribution in [2.75, 3.05) is 5.32 Å². The molecule has 0 saturated carbocycles. The van der Waals surface area contributed by atoms with Gasteiger partial charge in [0, 0.05) is 12.1 Å². The van der Waals surface area contributed by atoms with Crippen molar-refractivity contribution in [3.05, 3.63) is 41.2 Å². The van der Waals surface area contributed by atoms with Gasteiger partial charge in [0.1, 0.15) is 11.6 Å². The molecule has 2 N–H and O–H groups in total. The summed E-state index contributed by atoms with van der Waals surface area (Å²) in [4.78, 5) is 16.0. The van der Waals surface area contributed by atoms with Crippen molar-refractivity contribution in [1.82, 2.24) is 15.2 Å². The van der Waals surface area contributed by atoms with Crippen LogP contribution in [0.2, 0.25) is 0 Å². The molecule has 0 bridgehead atoms. The van der Waals surface area contributed by atoms with E-state index in [1.807, 2.05) is 6.92 Å². The number of carbonyl (C=O) groups is 1. The lowest BCUT2D eigenvalue weighted by Gasteiger charge is -2.06. The van der Waals surface area contributed by atoms with Crippen LogP contribution in [0.25, 0.3) is 0 Å². The maximum atomic E-state index is 13.1. The number of rotatable bonds is 4. The van der Waals surface area contributed by atoms with Crippen molar-refractivity contribution in [3.8, 4) is 0 Å². The normalized spacial score (nSPS) is 10.5. The number of halogens is 1. The van der Waals surface area contributed by atoms with Gasteiger partial charge in [-0.3, -0.25) is 9.89 Å². The van der Waals surface area contributed by atoms with Gasteiger partial charge >= 0.3 is 0 Å². The summed E-state index contributed by atoms with van der Waals surface area (Å²) in [6.45, 7) is 3.80. The first-order valence-corrected chi connectivity index (χ1v) is 6.09. The quantitative estimate of drug-likeness (QED) is 0.889. The number of amides is 1. The lowest BCUT2D eigenvalue weighted by Crippen LogP contribution is -2.14. The van der Waals surface area contributed by atoms with Crippen LogP contribution in [0.15, 0.2) is 18.2 Å². The van der Waals surface area contributed by atoms with Gasteiger partial charge in [0.25, 0.3) is 5.91 Å². The van der Waals surface area contributed by atoms with E-state index in [4.69, 9.17) is 0 Å². The summed E-state index contributed by atoms with van der Waals surface area (Å²) < 4.78 is 13.1. The smallest absolute Gasteiger partial charge is 0.295 e. The molecule has 100 valence electrons. The summed E-state index contributed by atoms with van der Waals surface area (Å²) in [5, 5.41) is 9.14. The molecule has 2 aromatic rings. The first-order valence-electron chi connectivity index (χ1n) is 6.09. The summed E-state index contributed by atoms with van der Waals surface area (Å²) in [7, 11) is 0. The van der Waals surface area contributed by atoms with Gasteiger partial charge in [0.05, 0.1) is 0 Å². The third kappa shape index (κ3) is 3.15. The monoisotopic (exact) mass is 262 g/mol. The van der Waals surface area contributed by atoms with E-state index in [0.717, 1.165) is 18.4 Å². The van der Waals surface area contributed by atoms with Gasteiger partial charge in [0.2, 0.25) is 5.82 Å². The fourth-order valence-electron chi connectivity index (χ4n) is 1.65. The number of hydrogen-bond donors (Lipinski definition) is 2. The van der Waals surface area contributed by atoms with E-state index in [2.05, 4.69) is 20.5 Å². The van der Waals surface area contributed by atoms with Crippen LogP contribution in [0, 0.1) is 12.7 Å². The number of anilines is 1. The Kier molecular flexibility index (Phi) is 3.89. The topological polar surface area (TPSA) is 70.7 Å². The van der Waals surface area contributed by atoms with Crippen LogP contribution in [0.4, 0.5) is 10.1 Å². The third-order valence-corrected chi connectivity index (χ3v) is 2.67. The van der Waals surface area contributed by atoms with Crippen molar-refractivity contribution in [3.63, 3.8) is 0 Å². The molecule has 1 heterocycles. The third-order valence-electron chi connectivity index (χ3n) is 2.67. The van der Waals surface area contributed by atoms with E-state index in [9.17, 15) is 9.18 Å². The second-order valence-corrected chi connectivity index (χ2v) is 4.27. The molecule has 0 aliphatic rings. The summed E-state index contributed by atoms with van der Waals surface area (Å²) in [6.07, 6.45) is 1.65. The predicted octanol–water partition coefficient (Wildman–Crippen LogP) is 2.46. The van der Waals surface area contributed by atoms with Gasteiger partial charge in [-0.1, -0.05) is 13.0 Å². The van der Waals surface area contributed by atoms with E-state index in [1.165, 1.54) is 12.1 Å². The summed E-state index contributed by atoms with van der Waals surface area (Å²) in [5.74, 6) is -0.120. The van der Waals surface area contributed by atoms with Crippen molar-refractivity contribution in [2.45, 2.75) is 26.7 Å². The molecule has 0 atom stereocenters. The van der Waals surface area contributed by atoms with Gasteiger partial charge in [-0.25, -0.2) is 9.37 Å². The lowest BCUT2D eigenvalue weighted by molar-refractivity contribution is 0.101. The molecule has 0 saturated heterocycles. The molecule has 0 unspecified atom stereocenters. The molecule has 0 radical (unpaired) electrons. The number of aromatic amines is 1. The van der Waals surface area contributed by atoms with Crippen molar-refractivity contribution in [1.29, 1.82) is 0 Å². The average Bonchev–Trinajstić information content (AvgIpc) is 2.83. The molecule has 0 spiro atoms. The second-order valence-electron chi connectivity index (χ2n) is 4.27. The van der Waals surface area contributed by atoms with Gasteiger partial charge < -0.3 is 5.32 Å².